The molecular weight excluding hydrogens is 216 g/mol. The Morgan fingerprint density at radius 3 is 2.19 bits per heavy atom. The molecule has 16 heavy (non-hydrogen) atoms. The quantitative estimate of drug-likeness (QED) is 0.383. The highest BCUT2D eigenvalue weighted by molar-refractivity contribution is 6.12. The number of rotatable bonds is 3. The van der Waals surface area contributed by atoms with Crippen LogP contribution in [0.1, 0.15) is 13.3 Å². The molecule has 0 N–H and O–H groups in total. The first-order valence-corrected chi connectivity index (χ1v) is 4.63. The van der Waals surface area contributed by atoms with Gasteiger partial charge < -0.3 is 14.2 Å². The van der Waals surface area contributed by atoms with E-state index >= 15 is 0 Å². The standard InChI is InChI=1S/C10H12O6/c1-4-6-5-7(11)16-10(6,8(12)14-2)9(13)15-3/h5H,4H2,1-3H3. The van der Waals surface area contributed by atoms with Crippen molar-refractivity contribution in [3.8, 4) is 0 Å². The van der Waals surface area contributed by atoms with Crippen molar-refractivity contribution in [1.82, 2.24) is 0 Å². The maximum atomic E-state index is 11.6. The Labute approximate surface area is 92.2 Å². The summed E-state index contributed by atoms with van der Waals surface area (Å²) in [6, 6.07) is 0. The molecule has 0 aromatic carbocycles. The first-order chi connectivity index (χ1) is 7.52. The zero-order valence-electron chi connectivity index (χ0n) is 9.23. The fourth-order valence-corrected chi connectivity index (χ4v) is 1.56. The minimum Gasteiger partial charge on any atom is -0.465 e. The molecule has 0 bridgehead atoms. The van der Waals surface area contributed by atoms with E-state index in [0.717, 1.165) is 20.3 Å². The van der Waals surface area contributed by atoms with E-state index in [0.29, 0.717) is 6.42 Å². The first kappa shape index (κ1) is 12.2. The molecular formula is C10H12O6. The lowest BCUT2D eigenvalue weighted by Gasteiger charge is -2.24. The molecule has 1 heterocycles. The van der Waals surface area contributed by atoms with Gasteiger partial charge >= 0.3 is 23.5 Å². The zero-order chi connectivity index (χ0) is 12.3. The van der Waals surface area contributed by atoms with Crippen molar-refractivity contribution in [3.63, 3.8) is 0 Å². The molecule has 1 rings (SSSR count). The maximum Gasteiger partial charge on any atom is 0.366 e. The van der Waals surface area contributed by atoms with Crippen LogP contribution in [-0.2, 0) is 28.6 Å². The Balaban J connectivity index is 3.26. The smallest absolute Gasteiger partial charge is 0.366 e. The van der Waals surface area contributed by atoms with Crippen LogP contribution in [0.2, 0.25) is 0 Å². The monoisotopic (exact) mass is 228 g/mol. The van der Waals surface area contributed by atoms with Gasteiger partial charge in [0.15, 0.2) is 0 Å². The van der Waals surface area contributed by atoms with Crippen LogP contribution in [0.15, 0.2) is 11.6 Å². The highest BCUT2D eigenvalue weighted by Gasteiger charge is 2.58. The van der Waals surface area contributed by atoms with E-state index in [-0.39, 0.29) is 5.57 Å². The summed E-state index contributed by atoms with van der Waals surface area (Å²) in [6.45, 7) is 1.69. The van der Waals surface area contributed by atoms with Crippen molar-refractivity contribution in [2.45, 2.75) is 18.9 Å². The predicted octanol–water partition coefficient (Wildman–Crippen LogP) is -0.0356. The van der Waals surface area contributed by atoms with Gasteiger partial charge in [-0.1, -0.05) is 6.92 Å². The highest BCUT2D eigenvalue weighted by atomic mass is 16.6. The number of ether oxygens (including phenoxy) is 3. The lowest BCUT2D eigenvalue weighted by atomic mass is 9.93. The number of cyclic esters (lactones) is 1. The summed E-state index contributed by atoms with van der Waals surface area (Å²) in [4.78, 5) is 34.4. The molecule has 88 valence electrons. The Hall–Kier alpha value is -1.85. The number of methoxy groups -OCH3 is 2. The van der Waals surface area contributed by atoms with E-state index in [1.165, 1.54) is 0 Å². The van der Waals surface area contributed by atoms with Crippen LogP contribution < -0.4 is 0 Å². The fourth-order valence-electron chi connectivity index (χ4n) is 1.56. The summed E-state index contributed by atoms with van der Waals surface area (Å²) in [6.07, 6.45) is 1.41. The minimum absolute atomic E-state index is 0.233. The van der Waals surface area contributed by atoms with E-state index in [1.54, 1.807) is 6.92 Å². The first-order valence-electron chi connectivity index (χ1n) is 4.63. The zero-order valence-corrected chi connectivity index (χ0v) is 9.23. The fraction of sp³-hybridized carbons (Fsp3) is 0.500. The van der Waals surface area contributed by atoms with Gasteiger partial charge in [-0.25, -0.2) is 14.4 Å². The van der Waals surface area contributed by atoms with Gasteiger partial charge in [-0.2, -0.15) is 0 Å². The van der Waals surface area contributed by atoms with E-state index in [2.05, 4.69) is 9.47 Å². The topological polar surface area (TPSA) is 78.9 Å². The molecule has 0 unspecified atom stereocenters. The van der Waals surface area contributed by atoms with Gasteiger partial charge in [-0.15, -0.1) is 0 Å². The molecule has 0 radical (unpaired) electrons. The van der Waals surface area contributed by atoms with Crippen LogP contribution in [0.3, 0.4) is 0 Å². The van der Waals surface area contributed by atoms with Crippen LogP contribution >= 0.6 is 0 Å². The summed E-state index contributed by atoms with van der Waals surface area (Å²) in [5.74, 6) is -2.68. The third kappa shape index (κ3) is 1.56. The second-order valence-corrected chi connectivity index (χ2v) is 3.11. The molecule has 0 aromatic rings. The van der Waals surface area contributed by atoms with Crippen LogP contribution in [0.5, 0.6) is 0 Å². The molecule has 0 spiro atoms. The molecule has 0 saturated heterocycles. The SMILES string of the molecule is CCC1=CC(=O)OC1(C(=O)OC)C(=O)OC. The second-order valence-electron chi connectivity index (χ2n) is 3.11. The van der Waals surface area contributed by atoms with E-state index in [9.17, 15) is 14.4 Å². The summed E-state index contributed by atoms with van der Waals surface area (Å²) >= 11 is 0. The van der Waals surface area contributed by atoms with Crippen LogP contribution in [0.4, 0.5) is 0 Å². The predicted molar refractivity (Wildman–Crippen MR) is 51.2 cm³/mol. The number of carbonyl (C=O) groups is 3. The van der Waals surface area contributed by atoms with E-state index in [1.807, 2.05) is 0 Å². The van der Waals surface area contributed by atoms with Gasteiger partial charge in [0.2, 0.25) is 0 Å². The molecule has 0 aliphatic carbocycles. The number of carbonyl (C=O) groups excluding carboxylic acids is 3. The molecule has 0 saturated carbocycles. The van der Waals surface area contributed by atoms with Crippen molar-refractivity contribution in [1.29, 1.82) is 0 Å². The molecule has 0 atom stereocenters. The number of hydrogen-bond donors (Lipinski definition) is 0. The van der Waals surface area contributed by atoms with Gasteiger partial charge in [0, 0.05) is 11.6 Å². The third-order valence-electron chi connectivity index (χ3n) is 2.32. The Bertz CT molecular complexity index is 352. The molecule has 6 nitrogen and oxygen atoms in total. The average molecular weight is 228 g/mol. The molecule has 0 amide bonds. The Kier molecular flexibility index (Phi) is 3.31. The summed E-state index contributed by atoms with van der Waals surface area (Å²) in [7, 11) is 2.21. The van der Waals surface area contributed by atoms with Gasteiger partial charge in [-0.3, -0.25) is 0 Å². The summed E-state index contributed by atoms with van der Waals surface area (Å²) in [5, 5.41) is 0. The number of esters is 3. The van der Waals surface area contributed by atoms with Crippen molar-refractivity contribution < 1.29 is 28.6 Å². The lowest BCUT2D eigenvalue weighted by molar-refractivity contribution is -0.184. The van der Waals surface area contributed by atoms with Crippen molar-refractivity contribution in [2.75, 3.05) is 14.2 Å². The Morgan fingerprint density at radius 2 is 1.81 bits per heavy atom. The van der Waals surface area contributed by atoms with Gasteiger partial charge in [0.25, 0.3) is 0 Å². The number of hydrogen-bond acceptors (Lipinski definition) is 6. The maximum absolute atomic E-state index is 11.6. The van der Waals surface area contributed by atoms with Crippen LogP contribution in [0, 0.1) is 0 Å². The average Bonchev–Trinajstić information content (AvgIpc) is 2.64. The lowest BCUT2D eigenvalue weighted by Crippen LogP contribution is -2.50. The van der Waals surface area contributed by atoms with Crippen molar-refractivity contribution in [2.24, 2.45) is 0 Å². The summed E-state index contributed by atoms with van der Waals surface area (Å²) < 4.78 is 13.7. The van der Waals surface area contributed by atoms with Crippen LogP contribution in [0.25, 0.3) is 0 Å². The van der Waals surface area contributed by atoms with Crippen LogP contribution in [-0.4, -0.2) is 37.7 Å². The largest absolute Gasteiger partial charge is 0.465 e. The molecule has 0 aromatic heterocycles. The molecule has 1 aliphatic rings. The van der Waals surface area contributed by atoms with Crippen molar-refractivity contribution >= 4 is 17.9 Å². The van der Waals surface area contributed by atoms with Gasteiger partial charge in [0.1, 0.15) is 0 Å². The summed E-state index contributed by atoms with van der Waals surface area (Å²) in [5.41, 5.74) is -1.83. The molecule has 6 heteroatoms. The molecule has 0 fully saturated rings. The van der Waals surface area contributed by atoms with E-state index < -0.39 is 23.5 Å². The van der Waals surface area contributed by atoms with E-state index in [4.69, 9.17) is 4.74 Å². The van der Waals surface area contributed by atoms with Gasteiger partial charge in [0.05, 0.1) is 14.2 Å². The normalized spacial score (nSPS) is 17.4. The minimum atomic E-state index is -2.06. The van der Waals surface area contributed by atoms with Crippen molar-refractivity contribution in [3.05, 3.63) is 11.6 Å². The third-order valence-corrected chi connectivity index (χ3v) is 2.32. The Morgan fingerprint density at radius 1 is 1.31 bits per heavy atom. The molecule has 1 aliphatic heterocycles. The van der Waals surface area contributed by atoms with Gasteiger partial charge in [-0.05, 0) is 6.42 Å². The second kappa shape index (κ2) is 4.34. The highest BCUT2D eigenvalue weighted by Crippen LogP contribution is 2.33.